The van der Waals surface area contributed by atoms with Crippen molar-refractivity contribution in [3.05, 3.63) is 23.8 Å². The monoisotopic (exact) mass is 235 g/mol. The zero-order valence-electron chi connectivity index (χ0n) is 10.7. The van der Waals surface area contributed by atoms with Crippen molar-refractivity contribution in [2.45, 2.75) is 32.7 Å². The van der Waals surface area contributed by atoms with Crippen molar-refractivity contribution in [2.75, 3.05) is 19.8 Å². The summed E-state index contributed by atoms with van der Waals surface area (Å²) >= 11 is 0. The van der Waals surface area contributed by atoms with Crippen LogP contribution in [0.15, 0.2) is 18.2 Å². The van der Waals surface area contributed by atoms with Gasteiger partial charge in [0.1, 0.15) is 0 Å². The molecule has 0 radical (unpaired) electrons. The molecule has 0 saturated heterocycles. The average molecular weight is 235 g/mol. The molecule has 1 aromatic carbocycles. The Bertz CT molecular complexity index is 363. The number of hydrogen-bond acceptors (Lipinski definition) is 3. The SMILES string of the molecule is CC(C)NCCc1ccc2c(c1)OCCCO2. The van der Waals surface area contributed by atoms with Gasteiger partial charge in [-0.2, -0.15) is 0 Å². The van der Waals surface area contributed by atoms with E-state index in [4.69, 9.17) is 9.47 Å². The first-order chi connectivity index (χ1) is 8.25. The van der Waals surface area contributed by atoms with E-state index < -0.39 is 0 Å². The van der Waals surface area contributed by atoms with E-state index >= 15 is 0 Å². The summed E-state index contributed by atoms with van der Waals surface area (Å²) < 4.78 is 11.3. The number of hydrogen-bond donors (Lipinski definition) is 1. The summed E-state index contributed by atoms with van der Waals surface area (Å²) in [7, 11) is 0. The molecule has 0 atom stereocenters. The molecule has 0 spiro atoms. The summed E-state index contributed by atoms with van der Waals surface area (Å²) in [4.78, 5) is 0. The van der Waals surface area contributed by atoms with Crippen molar-refractivity contribution < 1.29 is 9.47 Å². The smallest absolute Gasteiger partial charge is 0.161 e. The first kappa shape index (κ1) is 12.2. The number of nitrogens with one attached hydrogen (secondary N) is 1. The van der Waals surface area contributed by atoms with Crippen LogP contribution in [-0.2, 0) is 6.42 Å². The van der Waals surface area contributed by atoms with Crippen LogP contribution in [0.1, 0.15) is 25.8 Å². The van der Waals surface area contributed by atoms with Gasteiger partial charge in [0, 0.05) is 12.5 Å². The van der Waals surface area contributed by atoms with Gasteiger partial charge in [0.05, 0.1) is 13.2 Å². The lowest BCUT2D eigenvalue weighted by Gasteiger charge is -2.11. The molecule has 0 aromatic heterocycles. The Balaban J connectivity index is 1.97. The Kier molecular flexibility index (Phi) is 4.26. The van der Waals surface area contributed by atoms with Gasteiger partial charge in [-0.25, -0.2) is 0 Å². The highest BCUT2D eigenvalue weighted by Crippen LogP contribution is 2.30. The van der Waals surface area contributed by atoms with Gasteiger partial charge in [0.2, 0.25) is 0 Å². The quantitative estimate of drug-likeness (QED) is 0.869. The summed E-state index contributed by atoms with van der Waals surface area (Å²) in [5, 5.41) is 3.41. The topological polar surface area (TPSA) is 30.5 Å². The normalized spacial score (nSPS) is 14.8. The minimum Gasteiger partial charge on any atom is -0.490 e. The molecule has 17 heavy (non-hydrogen) atoms. The zero-order chi connectivity index (χ0) is 12.1. The Hall–Kier alpha value is -1.22. The third-order valence-electron chi connectivity index (χ3n) is 2.78. The summed E-state index contributed by atoms with van der Waals surface area (Å²) in [6.45, 7) is 6.82. The third-order valence-corrected chi connectivity index (χ3v) is 2.78. The first-order valence-electron chi connectivity index (χ1n) is 6.37. The molecule has 3 heteroatoms. The Morgan fingerprint density at radius 3 is 2.71 bits per heavy atom. The van der Waals surface area contributed by atoms with E-state index in [0.29, 0.717) is 6.04 Å². The Morgan fingerprint density at radius 2 is 1.94 bits per heavy atom. The van der Waals surface area contributed by atoms with Gasteiger partial charge in [-0.1, -0.05) is 19.9 Å². The van der Waals surface area contributed by atoms with E-state index in [1.165, 1.54) is 5.56 Å². The molecule has 0 bridgehead atoms. The van der Waals surface area contributed by atoms with E-state index in [0.717, 1.165) is 44.1 Å². The summed E-state index contributed by atoms with van der Waals surface area (Å²) in [6.07, 6.45) is 1.98. The average Bonchev–Trinajstić information content (AvgIpc) is 2.53. The fourth-order valence-electron chi connectivity index (χ4n) is 1.87. The van der Waals surface area contributed by atoms with Crippen molar-refractivity contribution in [3.8, 4) is 11.5 Å². The fraction of sp³-hybridized carbons (Fsp3) is 0.571. The van der Waals surface area contributed by atoms with Crippen LogP contribution in [0, 0.1) is 0 Å². The predicted octanol–water partition coefficient (Wildman–Crippen LogP) is 2.39. The number of fused-ring (bicyclic) bond motifs is 1. The lowest BCUT2D eigenvalue weighted by atomic mass is 10.1. The summed E-state index contributed by atoms with van der Waals surface area (Å²) in [5.74, 6) is 1.77. The van der Waals surface area contributed by atoms with Crippen molar-refractivity contribution in [2.24, 2.45) is 0 Å². The molecular formula is C14H21NO2. The number of benzene rings is 1. The highest BCUT2D eigenvalue weighted by Gasteiger charge is 2.10. The molecule has 94 valence electrons. The lowest BCUT2D eigenvalue weighted by Crippen LogP contribution is -2.24. The molecule has 1 N–H and O–H groups in total. The van der Waals surface area contributed by atoms with Crippen molar-refractivity contribution >= 4 is 0 Å². The van der Waals surface area contributed by atoms with Crippen molar-refractivity contribution in [1.29, 1.82) is 0 Å². The molecule has 0 fully saturated rings. The van der Waals surface area contributed by atoms with Crippen LogP contribution < -0.4 is 14.8 Å². The molecule has 0 saturated carbocycles. The Morgan fingerprint density at radius 1 is 1.18 bits per heavy atom. The van der Waals surface area contributed by atoms with Crippen LogP contribution in [0.3, 0.4) is 0 Å². The van der Waals surface area contributed by atoms with E-state index in [1.54, 1.807) is 0 Å². The Labute approximate surface area is 103 Å². The van der Waals surface area contributed by atoms with E-state index in [-0.39, 0.29) is 0 Å². The van der Waals surface area contributed by atoms with Gasteiger partial charge in [-0.05, 0) is 30.7 Å². The van der Waals surface area contributed by atoms with Crippen LogP contribution in [-0.4, -0.2) is 25.8 Å². The molecule has 0 amide bonds. The number of ether oxygens (including phenoxy) is 2. The van der Waals surface area contributed by atoms with Crippen LogP contribution in [0.5, 0.6) is 11.5 Å². The minimum atomic E-state index is 0.537. The first-order valence-corrected chi connectivity index (χ1v) is 6.37. The molecule has 0 unspecified atom stereocenters. The zero-order valence-corrected chi connectivity index (χ0v) is 10.7. The van der Waals surface area contributed by atoms with E-state index in [9.17, 15) is 0 Å². The second kappa shape index (κ2) is 5.92. The number of rotatable bonds is 4. The van der Waals surface area contributed by atoms with Crippen LogP contribution >= 0.6 is 0 Å². The third kappa shape index (κ3) is 3.63. The summed E-state index contributed by atoms with van der Waals surface area (Å²) in [5.41, 5.74) is 1.29. The standard InChI is InChI=1S/C14H21NO2/c1-11(2)15-7-6-12-4-5-13-14(10-12)17-9-3-8-16-13/h4-5,10-11,15H,3,6-9H2,1-2H3. The second-order valence-corrected chi connectivity index (χ2v) is 4.69. The van der Waals surface area contributed by atoms with Crippen molar-refractivity contribution in [1.82, 2.24) is 5.32 Å². The second-order valence-electron chi connectivity index (χ2n) is 4.69. The van der Waals surface area contributed by atoms with Crippen LogP contribution in [0.25, 0.3) is 0 Å². The van der Waals surface area contributed by atoms with Gasteiger partial charge >= 0.3 is 0 Å². The molecule has 1 heterocycles. The molecule has 2 rings (SSSR count). The predicted molar refractivity (Wildman–Crippen MR) is 68.9 cm³/mol. The largest absolute Gasteiger partial charge is 0.490 e. The molecule has 0 aliphatic carbocycles. The molecular weight excluding hydrogens is 214 g/mol. The fourth-order valence-corrected chi connectivity index (χ4v) is 1.87. The van der Waals surface area contributed by atoms with E-state index in [1.807, 2.05) is 6.07 Å². The summed E-state index contributed by atoms with van der Waals surface area (Å²) in [6, 6.07) is 6.78. The van der Waals surface area contributed by atoms with Gasteiger partial charge in [-0.15, -0.1) is 0 Å². The highest BCUT2D eigenvalue weighted by molar-refractivity contribution is 5.43. The highest BCUT2D eigenvalue weighted by atomic mass is 16.5. The van der Waals surface area contributed by atoms with E-state index in [2.05, 4.69) is 31.3 Å². The van der Waals surface area contributed by atoms with Crippen LogP contribution in [0.2, 0.25) is 0 Å². The maximum Gasteiger partial charge on any atom is 0.161 e. The minimum absolute atomic E-state index is 0.537. The molecule has 1 aliphatic rings. The molecule has 1 aliphatic heterocycles. The van der Waals surface area contributed by atoms with Gasteiger partial charge in [0.15, 0.2) is 11.5 Å². The van der Waals surface area contributed by atoms with Gasteiger partial charge in [0.25, 0.3) is 0 Å². The van der Waals surface area contributed by atoms with Crippen molar-refractivity contribution in [3.63, 3.8) is 0 Å². The maximum absolute atomic E-state index is 5.67. The lowest BCUT2D eigenvalue weighted by molar-refractivity contribution is 0.297. The molecule has 1 aromatic rings. The van der Waals surface area contributed by atoms with Gasteiger partial charge in [-0.3, -0.25) is 0 Å². The molecule has 3 nitrogen and oxygen atoms in total. The van der Waals surface area contributed by atoms with Crippen LogP contribution in [0.4, 0.5) is 0 Å². The van der Waals surface area contributed by atoms with Gasteiger partial charge < -0.3 is 14.8 Å². The maximum atomic E-state index is 5.67.